The normalized spacial score (nSPS) is 16.6. The lowest BCUT2D eigenvalue weighted by atomic mass is 9.99. The Balaban J connectivity index is 1.52. The van der Waals surface area contributed by atoms with Gasteiger partial charge in [-0.15, -0.1) is 0 Å². The van der Waals surface area contributed by atoms with Gasteiger partial charge in [-0.05, 0) is 66.9 Å². The molecule has 5 nitrogen and oxygen atoms in total. The van der Waals surface area contributed by atoms with Gasteiger partial charge in [0.1, 0.15) is 11.5 Å². The first-order chi connectivity index (χ1) is 16.4. The van der Waals surface area contributed by atoms with Crippen LogP contribution in [0.5, 0.6) is 0 Å². The molecule has 2 heterocycles. The number of para-hydroxylation sites is 1. The molecular formula is C28H26FN3O2. The number of piperazine rings is 1. The van der Waals surface area contributed by atoms with E-state index in [-0.39, 0.29) is 11.8 Å². The minimum Gasteiger partial charge on any atom is -0.368 e. The van der Waals surface area contributed by atoms with Crippen LogP contribution in [0.2, 0.25) is 0 Å². The van der Waals surface area contributed by atoms with Crippen molar-refractivity contribution in [2.75, 3.05) is 36.0 Å². The van der Waals surface area contributed by atoms with Crippen LogP contribution in [-0.4, -0.2) is 42.9 Å². The van der Waals surface area contributed by atoms with Gasteiger partial charge in [0.2, 0.25) is 0 Å². The molecular weight excluding hydrogens is 429 g/mol. The van der Waals surface area contributed by atoms with Gasteiger partial charge >= 0.3 is 0 Å². The smallest absolute Gasteiger partial charge is 0.282 e. The molecule has 0 aliphatic carbocycles. The molecule has 1 fully saturated rings. The summed E-state index contributed by atoms with van der Waals surface area (Å²) in [5.74, 6) is -1.15. The number of amides is 2. The number of carbonyl (C=O) groups is 2. The molecule has 0 saturated carbocycles. The quantitative estimate of drug-likeness (QED) is 0.542. The van der Waals surface area contributed by atoms with Crippen molar-refractivity contribution in [2.45, 2.75) is 13.8 Å². The third kappa shape index (κ3) is 3.85. The van der Waals surface area contributed by atoms with E-state index in [2.05, 4.69) is 17.0 Å². The zero-order chi connectivity index (χ0) is 23.8. The minimum absolute atomic E-state index is 0.363. The average Bonchev–Trinajstić information content (AvgIpc) is 3.12. The first-order valence-corrected chi connectivity index (χ1v) is 11.5. The summed E-state index contributed by atoms with van der Waals surface area (Å²) >= 11 is 0. The zero-order valence-electron chi connectivity index (χ0n) is 19.3. The predicted molar refractivity (Wildman–Crippen MR) is 132 cm³/mol. The van der Waals surface area contributed by atoms with E-state index >= 15 is 0 Å². The molecule has 3 aromatic carbocycles. The maximum atomic E-state index is 13.7. The Morgan fingerprint density at radius 1 is 0.676 bits per heavy atom. The van der Waals surface area contributed by atoms with Gasteiger partial charge in [-0.3, -0.25) is 9.59 Å². The Bertz CT molecular complexity index is 1280. The first kappa shape index (κ1) is 21.9. The molecule has 1 saturated heterocycles. The number of benzene rings is 3. The Morgan fingerprint density at radius 3 is 1.97 bits per heavy atom. The zero-order valence-corrected chi connectivity index (χ0v) is 19.3. The Morgan fingerprint density at radius 2 is 1.32 bits per heavy atom. The maximum Gasteiger partial charge on any atom is 0.282 e. The number of rotatable bonds is 4. The topological polar surface area (TPSA) is 43.9 Å². The number of nitrogens with zero attached hydrogens (tertiary/aromatic N) is 3. The Hall–Kier alpha value is -3.93. The molecule has 6 heteroatoms. The Labute approximate surface area is 198 Å². The number of halogens is 1. The van der Waals surface area contributed by atoms with Crippen molar-refractivity contribution in [3.63, 3.8) is 0 Å². The Kier molecular flexibility index (Phi) is 5.65. The summed E-state index contributed by atoms with van der Waals surface area (Å²) in [6, 6.07) is 21.5. The fraction of sp³-hybridized carbons (Fsp3) is 0.214. The van der Waals surface area contributed by atoms with E-state index in [0.717, 1.165) is 35.5 Å². The number of anilines is 2. The van der Waals surface area contributed by atoms with E-state index in [9.17, 15) is 14.0 Å². The third-order valence-corrected chi connectivity index (χ3v) is 6.66. The summed E-state index contributed by atoms with van der Waals surface area (Å²) in [6.07, 6.45) is 0. The molecule has 0 bridgehead atoms. The van der Waals surface area contributed by atoms with Crippen molar-refractivity contribution in [3.8, 4) is 0 Å². The van der Waals surface area contributed by atoms with Crippen LogP contribution >= 0.6 is 0 Å². The van der Waals surface area contributed by atoms with Gasteiger partial charge in [0.15, 0.2) is 0 Å². The van der Waals surface area contributed by atoms with Gasteiger partial charge in [0.05, 0.1) is 11.3 Å². The summed E-state index contributed by atoms with van der Waals surface area (Å²) in [5, 5.41) is 0. The molecule has 3 aromatic rings. The predicted octanol–water partition coefficient (Wildman–Crippen LogP) is 4.55. The van der Waals surface area contributed by atoms with Crippen molar-refractivity contribution >= 4 is 28.8 Å². The number of imide groups is 1. The summed E-state index contributed by atoms with van der Waals surface area (Å²) < 4.78 is 13.5. The SMILES string of the molecule is Cc1ccc(C2=C(N3CCN(c4ccccc4)CC3)C(=O)N(c3ccc(F)cc3)C2=O)cc1C. The van der Waals surface area contributed by atoms with E-state index < -0.39 is 5.82 Å². The van der Waals surface area contributed by atoms with Crippen LogP contribution in [0.15, 0.2) is 78.5 Å². The van der Waals surface area contributed by atoms with Crippen LogP contribution in [0.3, 0.4) is 0 Å². The molecule has 34 heavy (non-hydrogen) atoms. The number of aryl methyl sites for hydroxylation is 2. The second kappa shape index (κ2) is 8.78. The van der Waals surface area contributed by atoms with Crippen molar-refractivity contribution in [1.29, 1.82) is 0 Å². The van der Waals surface area contributed by atoms with Gasteiger partial charge < -0.3 is 9.80 Å². The monoisotopic (exact) mass is 455 g/mol. The summed E-state index contributed by atoms with van der Waals surface area (Å²) in [6.45, 7) is 6.74. The van der Waals surface area contributed by atoms with Gasteiger partial charge in [-0.2, -0.15) is 0 Å². The largest absolute Gasteiger partial charge is 0.368 e. The van der Waals surface area contributed by atoms with Crippen molar-refractivity contribution in [2.24, 2.45) is 0 Å². The highest BCUT2D eigenvalue weighted by Crippen LogP contribution is 2.36. The molecule has 5 rings (SSSR count). The second-order valence-corrected chi connectivity index (χ2v) is 8.75. The molecule has 0 aromatic heterocycles. The fourth-order valence-corrected chi connectivity index (χ4v) is 4.62. The molecule has 172 valence electrons. The van der Waals surface area contributed by atoms with Gasteiger partial charge in [0.25, 0.3) is 11.8 Å². The lowest BCUT2D eigenvalue weighted by Crippen LogP contribution is -2.47. The van der Waals surface area contributed by atoms with E-state index in [1.165, 1.54) is 29.2 Å². The van der Waals surface area contributed by atoms with Crippen LogP contribution < -0.4 is 9.80 Å². The van der Waals surface area contributed by atoms with Crippen molar-refractivity contribution < 1.29 is 14.0 Å². The summed E-state index contributed by atoms with van der Waals surface area (Å²) in [5.41, 5.74) is 5.25. The molecule has 0 N–H and O–H groups in total. The summed E-state index contributed by atoms with van der Waals surface area (Å²) in [7, 11) is 0. The standard InChI is InChI=1S/C28H26FN3O2/c1-19-8-9-21(18-20(19)2)25-26(28(34)32(27(25)33)24-12-10-22(29)11-13-24)31-16-14-30(15-17-31)23-6-4-3-5-7-23/h3-13,18H,14-17H2,1-2H3. The summed E-state index contributed by atoms with van der Waals surface area (Å²) in [4.78, 5) is 32.8. The molecule has 2 aliphatic rings. The van der Waals surface area contributed by atoms with E-state index in [0.29, 0.717) is 30.0 Å². The number of carbonyl (C=O) groups excluding carboxylic acids is 2. The molecule has 0 unspecified atom stereocenters. The molecule has 2 aliphatic heterocycles. The number of hydrogen-bond acceptors (Lipinski definition) is 4. The lowest BCUT2D eigenvalue weighted by Gasteiger charge is -2.37. The van der Waals surface area contributed by atoms with E-state index in [1.807, 2.05) is 55.1 Å². The van der Waals surface area contributed by atoms with Crippen LogP contribution in [0.25, 0.3) is 5.57 Å². The lowest BCUT2D eigenvalue weighted by molar-refractivity contribution is -0.120. The van der Waals surface area contributed by atoms with E-state index in [1.54, 1.807) is 0 Å². The van der Waals surface area contributed by atoms with Crippen LogP contribution in [0.1, 0.15) is 16.7 Å². The van der Waals surface area contributed by atoms with E-state index in [4.69, 9.17) is 0 Å². The van der Waals surface area contributed by atoms with Gasteiger partial charge in [-0.25, -0.2) is 9.29 Å². The molecule has 0 radical (unpaired) electrons. The third-order valence-electron chi connectivity index (χ3n) is 6.66. The van der Waals surface area contributed by atoms with Crippen molar-refractivity contribution in [3.05, 3.63) is 101 Å². The highest BCUT2D eigenvalue weighted by Gasteiger charge is 2.43. The van der Waals surface area contributed by atoms with Gasteiger partial charge in [-0.1, -0.05) is 36.4 Å². The fourth-order valence-electron chi connectivity index (χ4n) is 4.62. The highest BCUT2D eigenvalue weighted by atomic mass is 19.1. The minimum atomic E-state index is -0.414. The highest BCUT2D eigenvalue weighted by molar-refractivity contribution is 6.45. The van der Waals surface area contributed by atoms with Crippen LogP contribution in [0.4, 0.5) is 15.8 Å². The molecule has 0 atom stereocenters. The second-order valence-electron chi connectivity index (χ2n) is 8.75. The maximum absolute atomic E-state index is 13.7. The molecule has 0 spiro atoms. The van der Waals surface area contributed by atoms with Crippen LogP contribution in [0, 0.1) is 19.7 Å². The van der Waals surface area contributed by atoms with Gasteiger partial charge in [0, 0.05) is 31.9 Å². The average molecular weight is 456 g/mol. The van der Waals surface area contributed by atoms with Crippen molar-refractivity contribution in [1.82, 2.24) is 4.90 Å². The first-order valence-electron chi connectivity index (χ1n) is 11.5. The number of hydrogen-bond donors (Lipinski definition) is 0. The molecule has 2 amide bonds. The van der Waals surface area contributed by atoms with Crippen LogP contribution in [-0.2, 0) is 9.59 Å².